The van der Waals surface area contributed by atoms with E-state index < -0.39 is 27.9 Å². The van der Waals surface area contributed by atoms with Crippen LogP contribution < -0.4 is 9.46 Å². The highest BCUT2D eigenvalue weighted by atomic mass is 32.2. The number of amides is 1. The highest BCUT2D eigenvalue weighted by Gasteiger charge is 2.35. The quantitative estimate of drug-likeness (QED) is 0.774. The third-order valence-electron chi connectivity index (χ3n) is 3.89. The lowest BCUT2D eigenvalue weighted by atomic mass is 10.1. The SMILES string of the molecule is COc1ccc(C(=O)N2CCCC2C(=O)O)cc1S(=O)(=O)NC(C)C. The number of nitrogens with one attached hydrogen (secondary N) is 1. The summed E-state index contributed by atoms with van der Waals surface area (Å²) in [6.07, 6.45) is 0.982. The van der Waals surface area contributed by atoms with Gasteiger partial charge in [0.1, 0.15) is 16.7 Å². The van der Waals surface area contributed by atoms with Crippen LogP contribution in [0, 0.1) is 0 Å². The Kier molecular flexibility index (Phi) is 5.69. The molecule has 2 N–H and O–H groups in total. The number of carboxylic acid groups (broad SMARTS) is 1. The van der Waals surface area contributed by atoms with Gasteiger partial charge in [-0.05, 0) is 44.9 Å². The lowest BCUT2D eigenvalue weighted by Crippen LogP contribution is -2.40. The number of aliphatic carboxylic acids is 1. The average molecular weight is 370 g/mol. The van der Waals surface area contributed by atoms with Gasteiger partial charge in [-0.3, -0.25) is 4.79 Å². The largest absolute Gasteiger partial charge is 0.495 e. The zero-order valence-electron chi connectivity index (χ0n) is 14.4. The van der Waals surface area contributed by atoms with Crippen molar-refractivity contribution in [3.63, 3.8) is 0 Å². The number of benzene rings is 1. The van der Waals surface area contributed by atoms with Gasteiger partial charge in [0, 0.05) is 18.2 Å². The van der Waals surface area contributed by atoms with Crippen molar-refractivity contribution in [2.24, 2.45) is 0 Å². The van der Waals surface area contributed by atoms with E-state index >= 15 is 0 Å². The lowest BCUT2D eigenvalue weighted by Gasteiger charge is -2.22. The van der Waals surface area contributed by atoms with Gasteiger partial charge >= 0.3 is 5.97 Å². The molecular weight excluding hydrogens is 348 g/mol. The number of ether oxygens (including phenoxy) is 1. The van der Waals surface area contributed by atoms with E-state index in [4.69, 9.17) is 4.74 Å². The number of carbonyl (C=O) groups is 2. The van der Waals surface area contributed by atoms with E-state index in [9.17, 15) is 23.1 Å². The fourth-order valence-corrected chi connectivity index (χ4v) is 4.27. The maximum Gasteiger partial charge on any atom is 0.326 e. The number of hydrogen-bond acceptors (Lipinski definition) is 5. The van der Waals surface area contributed by atoms with Crippen LogP contribution in [0.2, 0.25) is 0 Å². The summed E-state index contributed by atoms with van der Waals surface area (Å²) in [5.41, 5.74) is 0.109. The summed E-state index contributed by atoms with van der Waals surface area (Å²) in [5, 5.41) is 9.22. The number of methoxy groups -OCH3 is 1. The van der Waals surface area contributed by atoms with Crippen molar-refractivity contribution in [3.05, 3.63) is 23.8 Å². The molecule has 8 nitrogen and oxygen atoms in total. The molecule has 25 heavy (non-hydrogen) atoms. The fraction of sp³-hybridized carbons (Fsp3) is 0.500. The molecule has 1 heterocycles. The van der Waals surface area contributed by atoms with Crippen LogP contribution in [-0.4, -0.2) is 56.0 Å². The minimum Gasteiger partial charge on any atom is -0.495 e. The fourth-order valence-electron chi connectivity index (χ4n) is 2.83. The van der Waals surface area contributed by atoms with E-state index in [0.29, 0.717) is 19.4 Å². The smallest absolute Gasteiger partial charge is 0.326 e. The first-order valence-corrected chi connectivity index (χ1v) is 9.40. The summed E-state index contributed by atoms with van der Waals surface area (Å²) < 4.78 is 32.5. The first kappa shape index (κ1) is 19.2. The van der Waals surface area contributed by atoms with Crippen LogP contribution in [0.25, 0.3) is 0 Å². The monoisotopic (exact) mass is 370 g/mol. The third kappa shape index (κ3) is 4.10. The van der Waals surface area contributed by atoms with Crippen molar-refractivity contribution >= 4 is 21.9 Å². The Morgan fingerprint density at radius 2 is 2.04 bits per heavy atom. The van der Waals surface area contributed by atoms with Crippen molar-refractivity contribution in [2.75, 3.05) is 13.7 Å². The van der Waals surface area contributed by atoms with E-state index in [-0.39, 0.29) is 22.3 Å². The second-order valence-corrected chi connectivity index (χ2v) is 7.82. The first-order chi connectivity index (χ1) is 11.7. The van der Waals surface area contributed by atoms with Gasteiger partial charge in [-0.15, -0.1) is 0 Å². The van der Waals surface area contributed by atoms with E-state index in [0.717, 1.165) is 0 Å². The van der Waals surface area contributed by atoms with Crippen LogP contribution in [0.15, 0.2) is 23.1 Å². The van der Waals surface area contributed by atoms with Crippen LogP contribution in [-0.2, 0) is 14.8 Å². The molecule has 0 spiro atoms. The highest BCUT2D eigenvalue weighted by molar-refractivity contribution is 7.89. The maximum atomic E-state index is 12.7. The van der Waals surface area contributed by atoms with Crippen molar-refractivity contribution in [1.29, 1.82) is 0 Å². The second-order valence-electron chi connectivity index (χ2n) is 6.14. The predicted molar refractivity (Wildman–Crippen MR) is 90.1 cm³/mol. The molecule has 1 aliphatic rings. The minimum absolute atomic E-state index is 0.109. The van der Waals surface area contributed by atoms with Gasteiger partial charge in [-0.25, -0.2) is 17.9 Å². The van der Waals surface area contributed by atoms with Gasteiger partial charge in [-0.1, -0.05) is 0 Å². The number of nitrogens with zero attached hydrogens (tertiary/aromatic N) is 1. The zero-order chi connectivity index (χ0) is 18.8. The van der Waals surface area contributed by atoms with Crippen LogP contribution >= 0.6 is 0 Å². The molecule has 1 unspecified atom stereocenters. The molecule has 2 rings (SSSR count). The van der Waals surface area contributed by atoms with Gasteiger partial charge in [0.05, 0.1) is 7.11 Å². The normalized spacial score (nSPS) is 17.8. The Hall–Kier alpha value is -2.13. The summed E-state index contributed by atoms with van der Waals surface area (Å²) in [7, 11) is -2.53. The molecule has 1 aromatic rings. The Bertz CT molecular complexity index is 775. The van der Waals surface area contributed by atoms with E-state index in [1.807, 2.05) is 0 Å². The number of likely N-dealkylation sites (tertiary alicyclic amines) is 1. The van der Waals surface area contributed by atoms with E-state index in [1.165, 1.54) is 30.2 Å². The van der Waals surface area contributed by atoms with Crippen molar-refractivity contribution < 1.29 is 27.9 Å². The number of carboxylic acids is 1. The number of sulfonamides is 1. The zero-order valence-corrected chi connectivity index (χ0v) is 15.2. The van der Waals surface area contributed by atoms with Crippen molar-refractivity contribution in [2.45, 2.75) is 43.7 Å². The van der Waals surface area contributed by atoms with Crippen LogP contribution in [0.4, 0.5) is 0 Å². The van der Waals surface area contributed by atoms with Gasteiger partial charge in [-0.2, -0.15) is 0 Å². The number of carbonyl (C=O) groups excluding carboxylic acids is 1. The summed E-state index contributed by atoms with van der Waals surface area (Å²) >= 11 is 0. The van der Waals surface area contributed by atoms with Gasteiger partial charge < -0.3 is 14.7 Å². The molecule has 0 saturated carbocycles. The first-order valence-electron chi connectivity index (χ1n) is 7.91. The molecule has 0 radical (unpaired) electrons. The Labute approximate surface area is 146 Å². The Balaban J connectivity index is 2.42. The van der Waals surface area contributed by atoms with Crippen molar-refractivity contribution in [3.8, 4) is 5.75 Å². The standard InChI is InChI=1S/C16H22N2O6S/c1-10(2)17-25(22,23)14-9-11(6-7-13(14)24-3)15(19)18-8-4-5-12(18)16(20)21/h6-7,9-10,12,17H,4-5,8H2,1-3H3,(H,20,21). The van der Waals surface area contributed by atoms with Crippen LogP contribution in [0.5, 0.6) is 5.75 Å². The molecule has 1 aromatic carbocycles. The third-order valence-corrected chi connectivity index (χ3v) is 5.57. The van der Waals surface area contributed by atoms with Gasteiger partial charge in [0.25, 0.3) is 5.91 Å². The Morgan fingerprint density at radius 3 is 2.60 bits per heavy atom. The molecule has 9 heteroatoms. The molecule has 1 saturated heterocycles. The molecule has 0 bridgehead atoms. The molecule has 138 valence electrons. The second kappa shape index (κ2) is 7.40. The number of rotatable bonds is 6. The summed E-state index contributed by atoms with van der Waals surface area (Å²) in [6.45, 7) is 3.69. The van der Waals surface area contributed by atoms with Gasteiger partial charge in [0.2, 0.25) is 10.0 Å². The summed E-state index contributed by atoms with van der Waals surface area (Å²) in [4.78, 5) is 25.1. The average Bonchev–Trinajstić information content (AvgIpc) is 3.02. The molecule has 1 fully saturated rings. The van der Waals surface area contributed by atoms with Gasteiger partial charge in [0.15, 0.2) is 0 Å². The van der Waals surface area contributed by atoms with E-state index in [2.05, 4.69) is 4.72 Å². The lowest BCUT2D eigenvalue weighted by molar-refractivity contribution is -0.141. The molecule has 0 aliphatic carbocycles. The maximum absolute atomic E-state index is 12.7. The Morgan fingerprint density at radius 1 is 1.36 bits per heavy atom. The van der Waals surface area contributed by atoms with Crippen LogP contribution in [0.3, 0.4) is 0 Å². The number of hydrogen-bond donors (Lipinski definition) is 2. The molecular formula is C16H22N2O6S. The topological polar surface area (TPSA) is 113 Å². The summed E-state index contributed by atoms with van der Waals surface area (Å²) in [6, 6.07) is 2.84. The van der Waals surface area contributed by atoms with Crippen molar-refractivity contribution in [1.82, 2.24) is 9.62 Å². The van der Waals surface area contributed by atoms with E-state index in [1.54, 1.807) is 13.8 Å². The predicted octanol–water partition coefficient (Wildman–Crippen LogP) is 1.07. The molecule has 1 atom stereocenters. The molecule has 0 aromatic heterocycles. The van der Waals surface area contributed by atoms with Crippen LogP contribution in [0.1, 0.15) is 37.0 Å². The molecule has 1 aliphatic heterocycles. The minimum atomic E-state index is -3.87. The molecule has 1 amide bonds. The highest BCUT2D eigenvalue weighted by Crippen LogP contribution is 2.27. The summed E-state index contributed by atoms with van der Waals surface area (Å²) in [5.74, 6) is -1.46.